The largest absolute Gasteiger partial charge is 0.494 e. The molecule has 1 saturated heterocycles. The quantitative estimate of drug-likeness (QED) is 0.462. The van der Waals surface area contributed by atoms with Gasteiger partial charge in [-0.1, -0.05) is 40.2 Å². The second-order valence-electron chi connectivity index (χ2n) is 7.86. The summed E-state index contributed by atoms with van der Waals surface area (Å²) in [5.41, 5.74) is 3.29. The molecule has 3 atom stereocenters. The van der Waals surface area contributed by atoms with Crippen LogP contribution in [0.1, 0.15) is 56.4 Å². The van der Waals surface area contributed by atoms with E-state index in [1.807, 2.05) is 31.2 Å². The molecule has 0 spiro atoms. The van der Waals surface area contributed by atoms with E-state index in [0.717, 1.165) is 27.8 Å². The highest BCUT2D eigenvalue weighted by molar-refractivity contribution is 9.10. The number of carbonyl (C=O) groups is 2. The maximum Gasteiger partial charge on any atom is 0.302 e. The number of carbonyl (C=O) groups excluding carboxylic acids is 2. The molecular formula is C25H29BrO6. The molecule has 172 valence electrons. The molecule has 1 heterocycles. The fourth-order valence-electron chi connectivity index (χ4n) is 3.86. The first-order chi connectivity index (χ1) is 15.3. The van der Waals surface area contributed by atoms with Crippen LogP contribution in [0.2, 0.25) is 0 Å². The molecule has 0 saturated carbocycles. The van der Waals surface area contributed by atoms with E-state index >= 15 is 0 Å². The number of benzene rings is 2. The highest BCUT2D eigenvalue weighted by Gasteiger charge is 2.33. The minimum atomic E-state index is -0.360. The zero-order valence-corrected chi connectivity index (χ0v) is 20.2. The lowest BCUT2D eigenvalue weighted by Gasteiger charge is -2.35. The summed E-state index contributed by atoms with van der Waals surface area (Å²) in [7, 11) is 0. The Hall–Kier alpha value is -2.38. The molecule has 1 fully saturated rings. The van der Waals surface area contributed by atoms with Crippen LogP contribution < -0.4 is 4.74 Å². The van der Waals surface area contributed by atoms with Crippen molar-refractivity contribution >= 4 is 27.9 Å². The number of hydrogen-bond acceptors (Lipinski definition) is 6. The van der Waals surface area contributed by atoms with Crippen molar-refractivity contribution in [3.63, 3.8) is 0 Å². The molecule has 32 heavy (non-hydrogen) atoms. The highest BCUT2D eigenvalue weighted by Crippen LogP contribution is 2.35. The first kappa shape index (κ1) is 24.3. The van der Waals surface area contributed by atoms with Gasteiger partial charge in [-0.05, 0) is 48.2 Å². The van der Waals surface area contributed by atoms with E-state index in [9.17, 15) is 9.59 Å². The van der Waals surface area contributed by atoms with Crippen molar-refractivity contribution in [1.82, 2.24) is 0 Å². The van der Waals surface area contributed by atoms with Crippen LogP contribution in [0.15, 0.2) is 46.9 Å². The fraction of sp³-hybridized carbons (Fsp3) is 0.440. The summed E-state index contributed by atoms with van der Waals surface area (Å²) in [5, 5.41) is 0. The number of ether oxygens (including phenoxy) is 4. The molecule has 0 unspecified atom stereocenters. The van der Waals surface area contributed by atoms with E-state index < -0.39 is 0 Å². The fourth-order valence-corrected chi connectivity index (χ4v) is 4.24. The molecule has 0 bridgehead atoms. The van der Waals surface area contributed by atoms with Crippen LogP contribution >= 0.6 is 15.9 Å². The average Bonchev–Trinajstić information content (AvgIpc) is 2.75. The predicted molar refractivity (Wildman–Crippen MR) is 124 cm³/mol. The van der Waals surface area contributed by atoms with Crippen LogP contribution in [0.5, 0.6) is 5.75 Å². The van der Waals surface area contributed by atoms with Gasteiger partial charge in [0, 0.05) is 31.2 Å². The van der Waals surface area contributed by atoms with E-state index in [2.05, 4.69) is 34.1 Å². The third kappa shape index (κ3) is 7.07. The Morgan fingerprint density at radius 1 is 1.06 bits per heavy atom. The average molecular weight is 505 g/mol. The van der Waals surface area contributed by atoms with Crippen molar-refractivity contribution in [3.05, 3.63) is 63.6 Å². The third-order valence-corrected chi connectivity index (χ3v) is 6.01. The number of rotatable bonds is 8. The molecule has 7 heteroatoms. The molecule has 0 aliphatic carbocycles. The third-order valence-electron chi connectivity index (χ3n) is 5.24. The molecule has 6 nitrogen and oxygen atoms in total. The zero-order chi connectivity index (χ0) is 23.1. The zero-order valence-electron chi connectivity index (χ0n) is 18.6. The maximum absolute atomic E-state index is 11.5. The molecule has 1 aliphatic rings. The van der Waals surface area contributed by atoms with Gasteiger partial charge in [0.25, 0.3) is 0 Å². The van der Waals surface area contributed by atoms with E-state index in [1.54, 1.807) is 0 Å². The molecule has 1 aliphatic heterocycles. The summed E-state index contributed by atoms with van der Waals surface area (Å²) in [6.07, 6.45) is 0.919. The van der Waals surface area contributed by atoms with Crippen molar-refractivity contribution in [2.75, 3.05) is 13.2 Å². The molecule has 0 N–H and O–H groups in total. The Bertz CT molecular complexity index is 927. The second kappa shape index (κ2) is 11.5. The van der Waals surface area contributed by atoms with Crippen molar-refractivity contribution in [2.24, 2.45) is 0 Å². The van der Waals surface area contributed by atoms with E-state index in [4.69, 9.17) is 18.9 Å². The molecule has 2 aromatic rings. The van der Waals surface area contributed by atoms with Crippen molar-refractivity contribution in [3.8, 4) is 5.75 Å². The Kier molecular flexibility index (Phi) is 8.70. The summed E-state index contributed by atoms with van der Waals surface area (Å²) in [4.78, 5) is 22.8. The normalized spacial score (nSPS) is 20.4. The minimum absolute atomic E-state index is 0.138. The molecule has 3 rings (SSSR count). The van der Waals surface area contributed by atoms with Gasteiger partial charge in [0.1, 0.15) is 18.5 Å². The van der Waals surface area contributed by atoms with E-state index in [1.165, 1.54) is 19.4 Å². The summed E-state index contributed by atoms with van der Waals surface area (Å²) in [6, 6.07) is 14.2. The van der Waals surface area contributed by atoms with Crippen molar-refractivity contribution < 1.29 is 28.5 Å². The smallest absolute Gasteiger partial charge is 0.302 e. The van der Waals surface area contributed by atoms with Gasteiger partial charge in [0.2, 0.25) is 0 Å². The number of halogens is 1. The van der Waals surface area contributed by atoms with Gasteiger partial charge in [0.15, 0.2) is 0 Å². The van der Waals surface area contributed by atoms with Crippen LogP contribution in [0.3, 0.4) is 0 Å². The standard InChI is InChI=1S/C25H29BrO6/c1-4-29-21-8-5-18(6-9-21)11-20-12-19(7-10-24(20)26)25-14-22(31-17(3)28)13-23(32-25)15-30-16(2)27/h5-10,12,22-23,25H,4,11,13-15H2,1-3H3/t22-,23-,25+/m0/s1. The first-order valence-electron chi connectivity index (χ1n) is 10.8. The van der Waals surface area contributed by atoms with Crippen LogP contribution in [0, 0.1) is 0 Å². The lowest BCUT2D eigenvalue weighted by atomic mass is 9.94. The molecular weight excluding hydrogens is 476 g/mol. The Morgan fingerprint density at radius 2 is 1.81 bits per heavy atom. The minimum Gasteiger partial charge on any atom is -0.494 e. The topological polar surface area (TPSA) is 71.1 Å². The summed E-state index contributed by atoms with van der Waals surface area (Å²) in [6.45, 7) is 5.51. The Morgan fingerprint density at radius 3 is 2.47 bits per heavy atom. The van der Waals surface area contributed by atoms with Gasteiger partial charge < -0.3 is 18.9 Å². The van der Waals surface area contributed by atoms with Gasteiger partial charge >= 0.3 is 11.9 Å². The van der Waals surface area contributed by atoms with Crippen LogP contribution in [0.25, 0.3) is 0 Å². The SMILES string of the molecule is CCOc1ccc(Cc2cc([C@H]3C[C@@H](OC(C)=O)C[C@@H](COC(C)=O)O3)ccc2Br)cc1. The van der Waals surface area contributed by atoms with E-state index in [-0.39, 0.29) is 36.9 Å². The highest BCUT2D eigenvalue weighted by atomic mass is 79.9. The van der Waals surface area contributed by atoms with Crippen LogP contribution in [0.4, 0.5) is 0 Å². The molecule has 0 aromatic heterocycles. The Labute approximate surface area is 197 Å². The monoisotopic (exact) mass is 504 g/mol. The van der Waals surface area contributed by atoms with Gasteiger partial charge in [0.05, 0.1) is 18.8 Å². The summed E-state index contributed by atoms with van der Waals surface area (Å²) in [5.74, 6) is 0.171. The summed E-state index contributed by atoms with van der Waals surface area (Å²) < 4.78 is 23.4. The van der Waals surface area contributed by atoms with Gasteiger partial charge in [-0.2, -0.15) is 0 Å². The maximum atomic E-state index is 11.5. The van der Waals surface area contributed by atoms with Gasteiger partial charge in [-0.25, -0.2) is 0 Å². The van der Waals surface area contributed by atoms with Crippen molar-refractivity contribution in [2.45, 2.75) is 58.3 Å². The van der Waals surface area contributed by atoms with Crippen molar-refractivity contribution in [1.29, 1.82) is 0 Å². The molecule has 0 amide bonds. The second-order valence-corrected chi connectivity index (χ2v) is 8.71. The van der Waals surface area contributed by atoms with E-state index in [0.29, 0.717) is 19.4 Å². The summed E-state index contributed by atoms with van der Waals surface area (Å²) >= 11 is 3.66. The lowest BCUT2D eigenvalue weighted by molar-refractivity contribution is -0.169. The molecule has 2 aromatic carbocycles. The van der Waals surface area contributed by atoms with Gasteiger partial charge in [-0.3, -0.25) is 9.59 Å². The lowest BCUT2D eigenvalue weighted by Crippen LogP contribution is -2.36. The Balaban J connectivity index is 1.77. The number of hydrogen-bond donors (Lipinski definition) is 0. The van der Waals surface area contributed by atoms with Gasteiger partial charge in [-0.15, -0.1) is 0 Å². The van der Waals surface area contributed by atoms with Crippen LogP contribution in [-0.2, 0) is 30.2 Å². The number of esters is 2. The first-order valence-corrected chi connectivity index (χ1v) is 11.6. The van der Waals surface area contributed by atoms with Crippen LogP contribution in [-0.4, -0.2) is 37.4 Å². The molecule has 0 radical (unpaired) electrons. The predicted octanol–water partition coefficient (Wildman–Crippen LogP) is 5.15.